The summed E-state index contributed by atoms with van der Waals surface area (Å²) in [4.78, 5) is 27.7. The van der Waals surface area contributed by atoms with Crippen LogP contribution < -0.4 is 5.43 Å². The SMILES string of the molecule is O=C1c2oc3ccc(F)cc3c(=O)c2C(c2ccccc2F)N1Cc1ccco1. The Labute approximate surface area is 162 Å². The van der Waals surface area contributed by atoms with Gasteiger partial charge in [0.2, 0.25) is 5.76 Å². The third-order valence-corrected chi connectivity index (χ3v) is 5.03. The molecule has 1 amide bonds. The number of rotatable bonds is 3. The highest BCUT2D eigenvalue weighted by molar-refractivity contribution is 5.99. The van der Waals surface area contributed by atoms with E-state index in [1.807, 2.05) is 0 Å². The number of furan rings is 1. The highest BCUT2D eigenvalue weighted by Crippen LogP contribution is 2.40. The van der Waals surface area contributed by atoms with E-state index < -0.39 is 29.0 Å². The number of benzene rings is 2. The van der Waals surface area contributed by atoms with E-state index in [0.717, 1.165) is 12.1 Å². The third kappa shape index (κ3) is 2.66. The molecular formula is C22H13F2NO4. The molecule has 3 heterocycles. The molecule has 0 spiro atoms. The molecule has 1 unspecified atom stereocenters. The average molecular weight is 393 g/mol. The van der Waals surface area contributed by atoms with Gasteiger partial charge >= 0.3 is 0 Å². The Bertz CT molecular complexity index is 1310. The molecule has 5 nitrogen and oxygen atoms in total. The first-order valence-electron chi connectivity index (χ1n) is 8.88. The summed E-state index contributed by atoms with van der Waals surface area (Å²) in [6.07, 6.45) is 1.46. The second-order valence-electron chi connectivity index (χ2n) is 6.75. The molecule has 2 aromatic carbocycles. The van der Waals surface area contributed by atoms with Gasteiger partial charge in [-0.25, -0.2) is 8.78 Å². The highest BCUT2D eigenvalue weighted by Gasteiger charge is 2.44. The Kier molecular flexibility index (Phi) is 3.84. The number of fused-ring (bicyclic) bond motifs is 2. The second-order valence-corrected chi connectivity index (χ2v) is 6.75. The monoisotopic (exact) mass is 393 g/mol. The number of hydrogen-bond acceptors (Lipinski definition) is 4. The number of nitrogens with zero attached hydrogens (tertiary/aromatic N) is 1. The summed E-state index contributed by atoms with van der Waals surface area (Å²) in [6.45, 7) is 0.0131. The molecule has 4 aromatic rings. The Hall–Kier alpha value is -3.74. The van der Waals surface area contributed by atoms with Gasteiger partial charge in [-0.1, -0.05) is 18.2 Å². The van der Waals surface area contributed by atoms with E-state index in [4.69, 9.17) is 8.83 Å². The van der Waals surface area contributed by atoms with Gasteiger partial charge in [0.15, 0.2) is 5.43 Å². The van der Waals surface area contributed by atoms with Crippen LogP contribution in [0.25, 0.3) is 11.0 Å². The maximum atomic E-state index is 14.7. The predicted octanol–water partition coefficient (Wildman–Crippen LogP) is 4.41. The summed E-state index contributed by atoms with van der Waals surface area (Å²) in [7, 11) is 0. The maximum Gasteiger partial charge on any atom is 0.291 e. The van der Waals surface area contributed by atoms with Crippen LogP contribution >= 0.6 is 0 Å². The zero-order valence-electron chi connectivity index (χ0n) is 14.9. The lowest BCUT2D eigenvalue weighted by atomic mass is 9.98. The van der Waals surface area contributed by atoms with Gasteiger partial charge in [0, 0.05) is 5.56 Å². The first kappa shape index (κ1) is 17.4. The molecule has 144 valence electrons. The summed E-state index contributed by atoms with van der Waals surface area (Å²) < 4.78 is 39.4. The second kappa shape index (κ2) is 6.41. The molecule has 7 heteroatoms. The number of hydrogen-bond donors (Lipinski definition) is 0. The molecule has 0 saturated heterocycles. The van der Waals surface area contributed by atoms with Crippen molar-refractivity contribution < 1.29 is 22.4 Å². The molecule has 29 heavy (non-hydrogen) atoms. The Balaban J connectivity index is 1.78. The minimum absolute atomic E-state index is 0.00209. The molecule has 0 aliphatic carbocycles. The minimum atomic E-state index is -1.02. The minimum Gasteiger partial charge on any atom is -0.467 e. The first-order valence-corrected chi connectivity index (χ1v) is 8.88. The van der Waals surface area contributed by atoms with E-state index in [2.05, 4.69) is 0 Å². The topological polar surface area (TPSA) is 63.7 Å². The summed E-state index contributed by atoms with van der Waals surface area (Å²) in [5.74, 6) is -1.44. The molecule has 1 atom stereocenters. The van der Waals surface area contributed by atoms with Crippen LogP contribution in [-0.2, 0) is 6.54 Å². The van der Waals surface area contributed by atoms with Crippen LogP contribution in [0.5, 0.6) is 0 Å². The van der Waals surface area contributed by atoms with Crippen molar-refractivity contribution in [1.29, 1.82) is 0 Å². The molecule has 0 fully saturated rings. The van der Waals surface area contributed by atoms with E-state index in [0.29, 0.717) is 5.76 Å². The molecule has 0 saturated carbocycles. The lowest BCUT2D eigenvalue weighted by Gasteiger charge is -2.24. The Morgan fingerprint density at radius 2 is 1.83 bits per heavy atom. The fourth-order valence-electron chi connectivity index (χ4n) is 3.75. The highest BCUT2D eigenvalue weighted by atomic mass is 19.1. The van der Waals surface area contributed by atoms with Crippen molar-refractivity contribution in [2.75, 3.05) is 0 Å². The molecule has 0 bridgehead atoms. The molecular weight excluding hydrogens is 380 g/mol. The van der Waals surface area contributed by atoms with Crippen LogP contribution in [0.3, 0.4) is 0 Å². The van der Waals surface area contributed by atoms with Crippen molar-refractivity contribution in [3.63, 3.8) is 0 Å². The summed E-state index contributed by atoms with van der Waals surface area (Å²) in [6, 6.07) is 11.7. The Morgan fingerprint density at radius 3 is 2.59 bits per heavy atom. The van der Waals surface area contributed by atoms with Gasteiger partial charge in [-0.15, -0.1) is 0 Å². The van der Waals surface area contributed by atoms with E-state index >= 15 is 0 Å². The predicted molar refractivity (Wildman–Crippen MR) is 99.3 cm³/mol. The molecule has 0 N–H and O–H groups in total. The van der Waals surface area contributed by atoms with E-state index in [1.165, 1.54) is 35.4 Å². The van der Waals surface area contributed by atoms with Gasteiger partial charge in [0.25, 0.3) is 5.91 Å². The Morgan fingerprint density at radius 1 is 1.00 bits per heavy atom. The molecule has 0 radical (unpaired) electrons. The van der Waals surface area contributed by atoms with Crippen molar-refractivity contribution in [2.45, 2.75) is 12.6 Å². The third-order valence-electron chi connectivity index (χ3n) is 5.03. The molecule has 1 aliphatic rings. The fraction of sp³-hybridized carbons (Fsp3) is 0.0909. The van der Waals surface area contributed by atoms with Crippen LogP contribution in [0, 0.1) is 11.6 Å². The van der Waals surface area contributed by atoms with Gasteiger partial charge < -0.3 is 13.7 Å². The summed E-state index contributed by atoms with van der Waals surface area (Å²) in [5, 5.41) is -0.00209. The number of carbonyl (C=O) groups is 1. The lowest BCUT2D eigenvalue weighted by Crippen LogP contribution is -2.29. The largest absolute Gasteiger partial charge is 0.467 e. The van der Waals surface area contributed by atoms with Crippen LogP contribution in [0.1, 0.15) is 33.5 Å². The quantitative estimate of drug-likeness (QED) is 0.517. The van der Waals surface area contributed by atoms with Crippen LogP contribution in [0.15, 0.2) is 74.5 Å². The smallest absolute Gasteiger partial charge is 0.291 e. The van der Waals surface area contributed by atoms with E-state index in [1.54, 1.807) is 18.2 Å². The maximum absolute atomic E-state index is 14.7. The van der Waals surface area contributed by atoms with Crippen LogP contribution in [-0.4, -0.2) is 10.8 Å². The molecule has 5 rings (SSSR count). The van der Waals surface area contributed by atoms with Gasteiger partial charge in [0.1, 0.15) is 23.0 Å². The van der Waals surface area contributed by atoms with Crippen molar-refractivity contribution >= 4 is 16.9 Å². The van der Waals surface area contributed by atoms with E-state index in [9.17, 15) is 18.4 Å². The van der Waals surface area contributed by atoms with Crippen molar-refractivity contribution in [3.8, 4) is 0 Å². The number of halogens is 2. The normalized spacial score (nSPS) is 15.9. The van der Waals surface area contributed by atoms with E-state index in [-0.39, 0.29) is 34.4 Å². The number of amides is 1. The standard InChI is InChI=1S/C22H13F2NO4/c23-12-7-8-17-15(10-12)20(26)18-19(14-5-1-2-6-16(14)24)25(22(27)21(18)29-17)11-13-4-3-9-28-13/h1-10,19H,11H2. The summed E-state index contributed by atoms with van der Waals surface area (Å²) >= 11 is 0. The lowest BCUT2D eigenvalue weighted by molar-refractivity contribution is 0.0699. The van der Waals surface area contributed by atoms with Gasteiger partial charge in [-0.05, 0) is 36.4 Å². The van der Waals surface area contributed by atoms with Crippen molar-refractivity contribution in [2.24, 2.45) is 0 Å². The van der Waals surface area contributed by atoms with Gasteiger partial charge in [-0.2, -0.15) is 0 Å². The molecule has 2 aromatic heterocycles. The van der Waals surface area contributed by atoms with Crippen LogP contribution in [0.2, 0.25) is 0 Å². The molecule has 1 aliphatic heterocycles. The average Bonchev–Trinajstić information content (AvgIpc) is 3.31. The summed E-state index contributed by atoms with van der Waals surface area (Å²) in [5.41, 5.74) is -0.334. The van der Waals surface area contributed by atoms with Gasteiger partial charge in [0.05, 0.1) is 29.8 Å². The number of carbonyl (C=O) groups excluding carboxylic acids is 1. The van der Waals surface area contributed by atoms with Crippen LogP contribution in [0.4, 0.5) is 8.78 Å². The fourth-order valence-corrected chi connectivity index (χ4v) is 3.75. The van der Waals surface area contributed by atoms with Crippen molar-refractivity contribution in [3.05, 3.63) is 105 Å². The van der Waals surface area contributed by atoms with Gasteiger partial charge in [-0.3, -0.25) is 9.59 Å². The van der Waals surface area contributed by atoms with Crippen molar-refractivity contribution in [1.82, 2.24) is 4.90 Å². The zero-order chi connectivity index (χ0) is 20.1. The zero-order valence-corrected chi connectivity index (χ0v) is 14.9. The first-order chi connectivity index (χ1) is 14.0.